The Balaban J connectivity index is 1.78. The lowest BCUT2D eigenvalue weighted by molar-refractivity contribution is 0.0696. The standard InChI is InChI=1S/C19H13ClN6O4/c1-2-12-14(20)13-16(15(12)21)25-19(26-17(13)29-11-6-23-8-24-7-11)30-10-3-9(18(27)28)4-22-5-10/h3-8,21H,2H2,1H3,(H,27,28). The van der Waals surface area contributed by atoms with Gasteiger partial charge in [0.15, 0.2) is 5.75 Å². The van der Waals surface area contributed by atoms with Crippen molar-refractivity contribution in [2.24, 2.45) is 0 Å². The van der Waals surface area contributed by atoms with Crippen molar-refractivity contribution in [1.82, 2.24) is 24.9 Å². The first-order chi connectivity index (χ1) is 14.5. The summed E-state index contributed by atoms with van der Waals surface area (Å²) in [5, 5.41) is 17.9. The van der Waals surface area contributed by atoms with Gasteiger partial charge in [-0.15, -0.1) is 0 Å². The van der Waals surface area contributed by atoms with Crippen LogP contribution in [-0.4, -0.2) is 41.7 Å². The number of pyridine rings is 1. The minimum Gasteiger partial charge on any atom is -0.478 e. The molecule has 0 bridgehead atoms. The van der Waals surface area contributed by atoms with Crippen molar-refractivity contribution in [3.8, 4) is 23.4 Å². The molecule has 0 fully saturated rings. The number of hydrogen-bond donors (Lipinski definition) is 2. The van der Waals surface area contributed by atoms with Gasteiger partial charge in [-0.1, -0.05) is 18.5 Å². The van der Waals surface area contributed by atoms with E-state index in [0.717, 1.165) is 0 Å². The molecule has 3 aromatic rings. The van der Waals surface area contributed by atoms with Crippen LogP contribution in [0.4, 0.5) is 0 Å². The van der Waals surface area contributed by atoms with Crippen LogP contribution in [0, 0.1) is 5.41 Å². The van der Waals surface area contributed by atoms with E-state index in [-0.39, 0.29) is 34.6 Å². The average molecular weight is 425 g/mol. The number of allylic oxidation sites excluding steroid dienone is 1. The molecule has 0 spiro atoms. The fraction of sp³-hybridized carbons (Fsp3) is 0.105. The number of hydrogen-bond acceptors (Lipinski definition) is 9. The zero-order valence-electron chi connectivity index (χ0n) is 15.5. The second-order valence-corrected chi connectivity index (χ2v) is 6.43. The molecule has 10 nitrogen and oxygen atoms in total. The highest BCUT2D eigenvalue weighted by molar-refractivity contribution is 6.54. The van der Waals surface area contributed by atoms with E-state index in [4.69, 9.17) is 31.6 Å². The summed E-state index contributed by atoms with van der Waals surface area (Å²) in [7, 11) is 0. The maximum absolute atomic E-state index is 11.2. The number of rotatable bonds is 6. The van der Waals surface area contributed by atoms with Crippen molar-refractivity contribution in [2.45, 2.75) is 13.3 Å². The Morgan fingerprint density at radius 2 is 1.83 bits per heavy atom. The van der Waals surface area contributed by atoms with E-state index in [9.17, 15) is 4.79 Å². The summed E-state index contributed by atoms with van der Waals surface area (Å²) in [6, 6.07) is 1.13. The lowest BCUT2D eigenvalue weighted by Gasteiger charge is -2.11. The van der Waals surface area contributed by atoms with Crippen molar-refractivity contribution in [3.05, 3.63) is 59.6 Å². The van der Waals surface area contributed by atoms with Gasteiger partial charge in [0.1, 0.15) is 17.8 Å². The normalized spacial score (nSPS) is 12.7. The van der Waals surface area contributed by atoms with Crippen molar-refractivity contribution < 1.29 is 19.4 Å². The van der Waals surface area contributed by atoms with Gasteiger partial charge in [0.2, 0.25) is 5.88 Å². The summed E-state index contributed by atoms with van der Waals surface area (Å²) in [5.74, 6) is -0.672. The number of carbonyl (C=O) groups is 1. The molecule has 4 rings (SSSR count). The molecule has 0 radical (unpaired) electrons. The third-order valence-electron chi connectivity index (χ3n) is 4.15. The van der Waals surface area contributed by atoms with E-state index in [0.29, 0.717) is 28.3 Å². The van der Waals surface area contributed by atoms with Gasteiger partial charge < -0.3 is 14.6 Å². The smallest absolute Gasteiger partial charge is 0.337 e. The molecule has 0 saturated carbocycles. The van der Waals surface area contributed by atoms with E-state index in [1.54, 1.807) is 0 Å². The number of carboxylic acid groups (broad SMARTS) is 1. The summed E-state index contributed by atoms with van der Waals surface area (Å²) < 4.78 is 11.4. The Hall–Kier alpha value is -3.92. The molecule has 150 valence electrons. The number of carboxylic acids is 1. The van der Waals surface area contributed by atoms with Gasteiger partial charge in [-0.25, -0.2) is 14.8 Å². The van der Waals surface area contributed by atoms with Crippen molar-refractivity contribution in [1.29, 1.82) is 5.41 Å². The first-order valence-electron chi connectivity index (χ1n) is 8.67. The fourth-order valence-corrected chi connectivity index (χ4v) is 3.20. The molecule has 3 heterocycles. The van der Waals surface area contributed by atoms with Gasteiger partial charge >= 0.3 is 12.0 Å². The van der Waals surface area contributed by atoms with Gasteiger partial charge in [-0.05, 0) is 18.1 Å². The van der Waals surface area contributed by atoms with Crippen LogP contribution in [0.25, 0.3) is 5.03 Å². The molecule has 0 saturated heterocycles. The molecule has 0 aromatic carbocycles. The third kappa shape index (κ3) is 3.55. The molecule has 2 N–H and O–H groups in total. The zero-order valence-corrected chi connectivity index (χ0v) is 16.2. The molecular formula is C19H13ClN6O4. The summed E-state index contributed by atoms with van der Waals surface area (Å²) in [6.07, 6.45) is 7.27. The summed E-state index contributed by atoms with van der Waals surface area (Å²) in [6.45, 7) is 1.87. The highest BCUT2D eigenvalue weighted by Gasteiger charge is 2.32. The number of nitrogens with zero attached hydrogens (tertiary/aromatic N) is 5. The monoisotopic (exact) mass is 424 g/mol. The summed E-state index contributed by atoms with van der Waals surface area (Å²) in [5.41, 5.74) is 1.29. The Bertz CT molecular complexity index is 1200. The fourth-order valence-electron chi connectivity index (χ4n) is 2.80. The van der Waals surface area contributed by atoms with Gasteiger partial charge in [0.05, 0.1) is 40.5 Å². The summed E-state index contributed by atoms with van der Waals surface area (Å²) >= 11 is 6.47. The van der Waals surface area contributed by atoms with Crippen LogP contribution in [0.5, 0.6) is 23.4 Å². The number of halogens is 1. The number of aromatic carboxylic acids is 1. The molecule has 0 unspecified atom stereocenters. The molecule has 1 aliphatic rings. The average Bonchev–Trinajstić information content (AvgIpc) is 2.98. The predicted octanol–water partition coefficient (Wildman–Crippen LogP) is 3.69. The van der Waals surface area contributed by atoms with E-state index in [1.165, 1.54) is 37.2 Å². The molecule has 1 aliphatic carbocycles. The number of fused-ring (bicyclic) bond motifs is 1. The SMILES string of the molecule is CCC1=C(Cl)c2c(Oc3cncnc3)nc(Oc3cncc(C(=O)O)c3)nc2C1=N. The largest absolute Gasteiger partial charge is 0.478 e. The van der Waals surface area contributed by atoms with E-state index < -0.39 is 5.97 Å². The number of aromatic nitrogens is 5. The number of nitrogens with one attached hydrogen (secondary N) is 1. The summed E-state index contributed by atoms with van der Waals surface area (Å²) in [4.78, 5) is 31.3. The Morgan fingerprint density at radius 1 is 1.10 bits per heavy atom. The number of ether oxygens (including phenoxy) is 2. The Kier molecular flexibility index (Phi) is 5.07. The molecule has 3 aromatic heterocycles. The van der Waals surface area contributed by atoms with Crippen LogP contribution in [0.1, 0.15) is 35.0 Å². The third-order valence-corrected chi connectivity index (χ3v) is 4.57. The second-order valence-electron chi connectivity index (χ2n) is 6.05. The topological polar surface area (TPSA) is 144 Å². The Morgan fingerprint density at radius 3 is 2.53 bits per heavy atom. The van der Waals surface area contributed by atoms with Crippen LogP contribution in [0.15, 0.2) is 42.8 Å². The maximum Gasteiger partial charge on any atom is 0.337 e. The quantitative estimate of drug-likeness (QED) is 0.605. The minimum absolute atomic E-state index is 0.0581. The van der Waals surface area contributed by atoms with Crippen LogP contribution in [0.3, 0.4) is 0 Å². The van der Waals surface area contributed by atoms with Crippen molar-refractivity contribution in [2.75, 3.05) is 0 Å². The van der Waals surface area contributed by atoms with Crippen LogP contribution in [0.2, 0.25) is 0 Å². The van der Waals surface area contributed by atoms with Gasteiger partial charge in [0, 0.05) is 6.20 Å². The maximum atomic E-state index is 11.2. The van der Waals surface area contributed by atoms with Crippen LogP contribution < -0.4 is 9.47 Å². The molecular weight excluding hydrogens is 412 g/mol. The van der Waals surface area contributed by atoms with Gasteiger partial charge in [0.25, 0.3) is 0 Å². The van der Waals surface area contributed by atoms with Crippen molar-refractivity contribution in [3.63, 3.8) is 0 Å². The highest BCUT2D eigenvalue weighted by Crippen LogP contribution is 2.42. The second kappa shape index (κ2) is 7.84. The first kappa shape index (κ1) is 19.4. The van der Waals surface area contributed by atoms with Crippen LogP contribution >= 0.6 is 11.6 Å². The van der Waals surface area contributed by atoms with E-state index in [1.807, 2.05) is 6.92 Å². The molecule has 0 amide bonds. The molecule has 0 atom stereocenters. The predicted molar refractivity (Wildman–Crippen MR) is 105 cm³/mol. The Labute approximate surface area is 174 Å². The minimum atomic E-state index is -1.15. The van der Waals surface area contributed by atoms with E-state index in [2.05, 4.69) is 24.9 Å². The first-order valence-corrected chi connectivity index (χ1v) is 9.05. The van der Waals surface area contributed by atoms with Crippen molar-refractivity contribution >= 4 is 28.3 Å². The molecule has 30 heavy (non-hydrogen) atoms. The lowest BCUT2D eigenvalue weighted by Crippen LogP contribution is -2.06. The van der Waals surface area contributed by atoms with Gasteiger partial charge in [-0.3, -0.25) is 10.4 Å². The van der Waals surface area contributed by atoms with E-state index >= 15 is 0 Å². The van der Waals surface area contributed by atoms with Gasteiger partial charge in [-0.2, -0.15) is 9.97 Å². The lowest BCUT2D eigenvalue weighted by atomic mass is 10.1. The highest BCUT2D eigenvalue weighted by atomic mass is 35.5. The molecule has 0 aliphatic heterocycles. The molecule has 11 heteroatoms. The zero-order chi connectivity index (χ0) is 21.3. The van der Waals surface area contributed by atoms with Crippen LogP contribution in [-0.2, 0) is 0 Å².